The third-order valence-electron chi connectivity index (χ3n) is 7.10. The molecule has 0 bridgehead atoms. The number of hydrogen-bond donors (Lipinski definition) is 1. The van der Waals surface area contributed by atoms with Crippen molar-refractivity contribution in [2.24, 2.45) is 0 Å². The molecule has 37 heavy (non-hydrogen) atoms. The average molecular weight is 480 g/mol. The summed E-state index contributed by atoms with van der Waals surface area (Å²) in [5, 5.41) is 7.78. The van der Waals surface area contributed by atoms with Gasteiger partial charge in [-0.3, -0.25) is 4.98 Å². The smallest absolute Gasteiger partial charge is 0.201 e. The highest BCUT2D eigenvalue weighted by Crippen LogP contribution is 2.44. The van der Waals surface area contributed by atoms with E-state index in [2.05, 4.69) is 106 Å². The van der Waals surface area contributed by atoms with E-state index in [1.807, 2.05) is 12.1 Å². The van der Waals surface area contributed by atoms with Gasteiger partial charge in [0.15, 0.2) is 11.2 Å². The van der Waals surface area contributed by atoms with E-state index in [4.69, 9.17) is 8.83 Å². The molecule has 5 nitrogen and oxygen atoms in total. The van der Waals surface area contributed by atoms with Crippen LogP contribution in [0, 0.1) is 0 Å². The molecule has 3 aromatic heterocycles. The summed E-state index contributed by atoms with van der Waals surface area (Å²) in [7, 11) is 0. The number of para-hydroxylation sites is 1. The van der Waals surface area contributed by atoms with Gasteiger partial charge in [0.2, 0.25) is 5.88 Å². The van der Waals surface area contributed by atoms with Crippen molar-refractivity contribution in [3.8, 4) is 0 Å². The molecular formula is C32H21N3O2. The maximum atomic E-state index is 6.40. The monoisotopic (exact) mass is 479 g/mol. The fourth-order valence-electron chi connectivity index (χ4n) is 5.39. The zero-order valence-electron chi connectivity index (χ0n) is 19.8. The third kappa shape index (κ3) is 3.07. The molecule has 0 amide bonds. The Morgan fingerprint density at radius 3 is 2.59 bits per heavy atom. The van der Waals surface area contributed by atoms with Gasteiger partial charge < -0.3 is 19.1 Å². The Kier molecular flexibility index (Phi) is 4.22. The van der Waals surface area contributed by atoms with Crippen LogP contribution in [0.2, 0.25) is 0 Å². The second-order valence-corrected chi connectivity index (χ2v) is 9.28. The molecule has 0 spiro atoms. The van der Waals surface area contributed by atoms with Gasteiger partial charge in [-0.15, -0.1) is 0 Å². The number of benzene rings is 4. The van der Waals surface area contributed by atoms with Gasteiger partial charge >= 0.3 is 0 Å². The van der Waals surface area contributed by atoms with E-state index in [1.54, 1.807) is 6.20 Å². The summed E-state index contributed by atoms with van der Waals surface area (Å²) in [5.41, 5.74) is 7.33. The molecule has 1 aliphatic rings. The lowest BCUT2D eigenvalue weighted by Crippen LogP contribution is -2.10. The SMILES string of the molecule is C1=Cc2c(oc3cc(N(c4ccc5ccccc5c4)c4cccc5c4oc4cccnc45)ccc23)NC1. The van der Waals surface area contributed by atoms with Gasteiger partial charge in [-0.25, -0.2) is 0 Å². The molecule has 0 aliphatic carbocycles. The second-order valence-electron chi connectivity index (χ2n) is 9.28. The minimum atomic E-state index is 0.769. The number of aromatic nitrogens is 1. The van der Waals surface area contributed by atoms with Crippen molar-refractivity contribution in [3.63, 3.8) is 0 Å². The summed E-state index contributed by atoms with van der Waals surface area (Å²) in [6.07, 6.45) is 6.05. The lowest BCUT2D eigenvalue weighted by molar-refractivity contribution is 0.628. The van der Waals surface area contributed by atoms with Crippen LogP contribution >= 0.6 is 0 Å². The van der Waals surface area contributed by atoms with Crippen LogP contribution in [-0.4, -0.2) is 11.5 Å². The first-order valence-corrected chi connectivity index (χ1v) is 12.4. The summed E-state index contributed by atoms with van der Waals surface area (Å²) in [5.74, 6) is 0.817. The zero-order chi connectivity index (χ0) is 24.3. The number of anilines is 4. The highest BCUT2D eigenvalue weighted by Gasteiger charge is 2.22. The molecule has 5 heteroatoms. The van der Waals surface area contributed by atoms with Crippen molar-refractivity contribution in [3.05, 3.63) is 109 Å². The molecule has 8 rings (SSSR count). The Balaban J connectivity index is 1.40. The first-order valence-electron chi connectivity index (χ1n) is 12.4. The van der Waals surface area contributed by atoms with E-state index in [9.17, 15) is 0 Å². The minimum Gasteiger partial charge on any atom is -0.452 e. The number of furan rings is 2. The number of hydrogen-bond acceptors (Lipinski definition) is 5. The molecule has 0 fully saturated rings. The quantitative estimate of drug-likeness (QED) is 0.274. The van der Waals surface area contributed by atoms with Gasteiger partial charge in [0.1, 0.15) is 11.1 Å². The third-order valence-corrected chi connectivity index (χ3v) is 7.10. The van der Waals surface area contributed by atoms with Gasteiger partial charge in [-0.1, -0.05) is 48.6 Å². The van der Waals surface area contributed by atoms with E-state index < -0.39 is 0 Å². The first-order chi connectivity index (χ1) is 18.3. The van der Waals surface area contributed by atoms with Crippen LogP contribution in [-0.2, 0) is 0 Å². The molecular weight excluding hydrogens is 458 g/mol. The molecule has 0 atom stereocenters. The highest BCUT2D eigenvalue weighted by molar-refractivity contribution is 6.09. The predicted octanol–water partition coefficient (Wildman–Crippen LogP) is 8.79. The van der Waals surface area contributed by atoms with Crippen LogP contribution in [0.3, 0.4) is 0 Å². The molecule has 7 aromatic rings. The normalized spacial score (nSPS) is 12.9. The standard InChI is InChI=1S/C32H21N3O2/c1-2-7-21-18-22(13-12-20(21)6-1)35(23-14-15-24-25-9-4-17-34-32(25)37-29(24)19-23)27-10-3-8-26-30-28(36-31(26)27)11-5-16-33-30/h1-16,18-19,34H,17H2. The zero-order valence-corrected chi connectivity index (χ0v) is 19.8. The maximum Gasteiger partial charge on any atom is 0.201 e. The molecule has 0 saturated heterocycles. The predicted molar refractivity (Wildman–Crippen MR) is 151 cm³/mol. The Hall–Kier alpha value is -5.03. The highest BCUT2D eigenvalue weighted by atomic mass is 16.4. The van der Waals surface area contributed by atoms with Crippen molar-refractivity contribution >= 4 is 72.8 Å². The lowest BCUT2D eigenvalue weighted by Gasteiger charge is -2.25. The molecule has 0 saturated carbocycles. The van der Waals surface area contributed by atoms with Crippen LogP contribution in [0.4, 0.5) is 22.9 Å². The second kappa shape index (κ2) is 7.73. The van der Waals surface area contributed by atoms with Gasteiger partial charge in [0, 0.05) is 40.8 Å². The first kappa shape index (κ1) is 20.2. The summed E-state index contributed by atoms with van der Waals surface area (Å²) in [6, 6.07) is 31.4. The molecule has 0 radical (unpaired) electrons. The fraction of sp³-hybridized carbons (Fsp3) is 0.0312. The molecule has 1 N–H and O–H groups in total. The molecule has 4 heterocycles. The van der Waals surface area contributed by atoms with E-state index in [-0.39, 0.29) is 0 Å². The summed E-state index contributed by atoms with van der Waals surface area (Å²) in [6.45, 7) is 0.769. The Bertz CT molecular complexity index is 2010. The van der Waals surface area contributed by atoms with Crippen molar-refractivity contribution in [1.29, 1.82) is 0 Å². The number of nitrogens with one attached hydrogen (secondary N) is 1. The van der Waals surface area contributed by atoms with E-state index in [0.717, 1.165) is 68.1 Å². The number of fused-ring (bicyclic) bond motifs is 7. The van der Waals surface area contributed by atoms with Crippen molar-refractivity contribution < 1.29 is 8.83 Å². The average Bonchev–Trinajstić information content (AvgIpc) is 3.52. The van der Waals surface area contributed by atoms with Crippen LogP contribution in [0.15, 0.2) is 112 Å². The molecule has 0 unspecified atom stereocenters. The largest absolute Gasteiger partial charge is 0.452 e. The summed E-state index contributed by atoms with van der Waals surface area (Å²) < 4.78 is 12.6. The molecule has 176 valence electrons. The van der Waals surface area contributed by atoms with Gasteiger partial charge in [-0.05, 0) is 59.3 Å². The lowest BCUT2D eigenvalue weighted by atomic mass is 10.1. The maximum absolute atomic E-state index is 6.40. The van der Waals surface area contributed by atoms with Crippen molar-refractivity contribution in [2.45, 2.75) is 0 Å². The minimum absolute atomic E-state index is 0.769. The number of nitrogens with zero attached hydrogens (tertiary/aromatic N) is 2. The Morgan fingerprint density at radius 2 is 1.62 bits per heavy atom. The van der Waals surface area contributed by atoms with E-state index >= 15 is 0 Å². The van der Waals surface area contributed by atoms with E-state index in [1.165, 1.54) is 10.8 Å². The van der Waals surface area contributed by atoms with Crippen LogP contribution in [0.25, 0.3) is 49.9 Å². The topological polar surface area (TPSA) is 54.4 Å². The summed E-state index contributed by atoms with van der Waals surface area (Å²) in [4.78, 5) is 6.83. The molecule has 4 aromatic carbocycles. The van der Waals surface area contributed by atoms with Gasteiger partial charge in [0.05, 0.1) is 11.4 Å². The van der Waals surface area contributed by atoms with Crippen molar-refractivity contribution in [2.75, 3.05) is 16.8 Å². The molecule has 1 aliphatic heterocycles. The van der Waals surface area contributed by atoms with Gasteiger partial charge in [0.25, 0.3) is 0 Å². The van der Waals surface area contributed by atoms with Crippen molar-refractivity contribution in [1.82, 2.24) is 4.98 Å². The van der Waals surface area contributed by atoms with Crippen LogP contribution in [0.1, 0.15) is 5.56 Å². The van der Waals surface area contributed by atoms with E-state index in [0.29, 0.717) is 0 Å². The van der Waals surface area contributed by atoms with Gasteiger partial charge in [-0.2, -0.15) is 0 Å². The fourth-order valence-corrected chi connectivity index (χ4v) is 5.39. The Labute approximate surface area is 212 Å². The van der Waals surface area contributed by atoms with Crippen LogP contribution < -0.4 is 10.2 Å². The number of pyridine rings is 1. The number of rotatable bonds is 3. The Morgan fingerprint density at radius 1 is 0.730 bits per heavy atom. The van der Waals surface area contributed by atoms with Crippen LogP contribution in [0.5, 0.6) is 0 Å². The summed E-state index contributed by atoms with van der Waals surface area (Å²) >= 11 is 0.